The maximum absolute atomic E-state index is 13.6. The number of fused-ring (bicyclic) bond motifs is 1. The van der Waals surface area contributed by atoms with Crippen molar-refractivity contribution in [3.8, 4) is 11.5 Å². The molecule has 39 heavy (non-hydrogen) atoms. The molecule has 202 valence electrons. The van der Waals surface area contributed by atoms with Gasteiger partial charge in [-0.25, -0.2) is 14.2 Å². The van der Waals surface area contributed by atoms with E-state index in [1.54, 1.807) is 23.1 Å². The fraction of sp³-hybridized carbons (Fsp3) is 0.300. The number of oxazole rings is 1. The summed E-state index contributed by atoms with van der Waals surface area (Å²) in [5.74, 6) is -0.522. The molecule has 1 aliphatic heterocycles. The van der Waals surface area contributed by atoms with Crippen LogP contribution in [0.5, 0.6) is 0 Å². The van der Waals surface area contributed by atoms with Crippen LogP contribution in [0.1, 0.15) is 36.7 Å². The summed E-state index contributed by atoms with van der Waals surface area (Å²) in [6.07, 6.45) is -0.273. The van der Waals surface area contributed by atoms with Crippen LogP contribution in [0.15, 0.2) is 71.1 Å². The number of nitrogens with zero attached hydrogens (tertiary/aromatic N) is 3. The van der Waals surface area contributed by atoms with Gasteiger partial charge >= 0.3 is 6.09 Å². The van der Waals surface area contributed by atoms with Crippen molar-refractivity contribution in [1.29, 1.82) is 0 Å². The molecule has 1 N–H and O–H groups in total. The molecule has 9 heteroatoms. The van der Waals surface area contributed by atoms with Crippen molar-refractivity contribution < 1.29 is 23.1 Å². The molecule has 1 aromatic heterocycles. The number of anilines is 1. The maximum atomic E-state index is 13.6. The zero-order chi connectivity index (χ0) is 27.6. The van der Waals surface area contributed by atoms with Crippen molar-refractivity contribution in [1.82, 2.24) is 14.8 Å². The van der Waals surface area contributed by atoms with Gasteiger partial charge in [0.05, 0.1) is 11.3 Å². The molecule has 8 nitrogen and oxygen atoms in total. The van der Waals surface area contributed by atoms with Gasteiger partial charge in [-0.3, -0.25) is 9.69 Å². The number of carbonyl (C=O) groups excluding carboxylic acids is 2. The van der Waals surface area contributed by atoms with Gasteiger partial charge in [0, 0.05) is 38.3 Å². The summed E-state index contributed by atoms with van der Waals surface area (Å²) in [4.78, 5) is 33.7. The highest BCUT2D eigenvalue weighted by Gasteiger charge is 2.26. The molecular formula is C30H31FN4O4. The molecule has 2 amide bonds. The first kappa shape index (κ1) is 26.4. The molecule has 0 saturated carbocycles. The van der Waals surface area contributed by atoms with Crippen molar-refractivity contribution in [2.45, 2.75) is 32.9 Å². The molecule has 1 saturated heterocycles. The number of halogens is 1. The highest BCUT2D eigenvalue weighted by Crippen LogP contribution is 2.31. The van der Waals surface area contributed by atoms with Crippen LogP contribution in [0, 0.1) is 5.82 Å². The van der Waals surface area contributed by atoms with E-state index in [1.807, 2.05) is 51.1 Å². The molecule has 0 bridgehead atoms. The number of benzene rings is 3. The third-order valence-electron chi connectivity index (χ3n) is 6.38. The monoisotopic (exact) mass is 530 g/mol. The van der Waals surface area contributed by atoms with Crippen LogP contribution in [-0.2, 0) is 11.3 Å². The van der Waals surface area contributed by atoms with Crippen LogP contribution < -0.4 is 5.32 Å². The first-order valence-corrected chi connectivity index (χ1v) is 12.9. The zero-order valence-electron chi connectivity index (χ0n) is 22.2. The quantitative estimate of drug-likeness (QED) is 0.344. The summed E-state index contributed by atoms with van der Waals surface area (Å²) in [7, 11) is 0. The Kier molecular flexibility index (Phi) is 7.34. The van der Waals surface area contributed by atoms with E-state index < -0.39 is 17.3 Å². The molecule has 0 unspecified atom stereocenters. The Hall–Kier alpha value is -4.24. The summed E-state index contributed by atoms with van der Waals surface area (Å²) in [6.45, 7) is 9.04. The molecule has 1 aliphatic rings. The lowest BCUT2D eigenvalue weighted by Crippen LogP contribution is -2.49. The summed E-state index contributed by atoms with van der Waals surface area (Å²) in [6, 6.07) is 18.7. The fourth-order valence-corrected chi connectivity index (χ4v) is 4.46. The number of aromatic nitrogens is 1. The number of piperazine rings is 1. The Morgan fingerprint density at radius 3 is 2.51 bits per heavy atom. The minimum atomic E-state index is -0.507. The Morgan fingerprint density at radius 1 is 1.00 bits per heavy atom. The SMILES string of the molecule is CC(C)(C)OC(=O)N1CCN(Cc2ccc3nc(-c4ccccc4NC(=O)c4cccc(F)c4)oc3c2)CC1. The molecule has 5 rings (SSSR count). The zero-order valence-corrected chi connectivity index (χ0v) is 22.2. The predicted molar refractivity (Wildman–Crippen MR) is 147 cm³/mol. The standard InChI is InChI=1S/C30H31FN4O4/c1-30(2,3)39-29(37)35-15-13-34(14-16-35)19-20-11-12-25-26(17-20)38-28(33-25)23-9-4-5-10-24(23)32-27(36)21-7-6-8-22(31)18-21/h4-12,17-18H,13-16,19H2,1-3H3,(H,32,36). The number of para-hydroxylation sites is 1. The number of rotatable bonds is 5. The number of ether oxygens (including phenoxy) is 1. The Morgan fingerprint density at radius 2 is 1.77 bits per heavy atom. The second-order valence-electron chi connectivity index (χ2n) is 10.6. The Bertz CT molecular complexity index is 1500. The van der Waals surface area contributed by atoms with E-state index in [4.69, 9.17) is 9.15 Å². The largest absolute Gasteiger partial charge is 0.444 e. The molecular weight excluding hydrogens is 499 g/mol. The van der Waals surface area contributed by atoms with Crippen molar-refractivity contribution in [2.75, 3.05) is 31.5 Å². The van der Waals surface area contributed by atoms with Gasteiger partial charge in [-0.15, -0.1) is 0 Å². The van der Waals surface area contributed by atoms with Crippen LogP contribution >= 0.6 is 0 Å². The minimum Gasteiger partial charge on any atom is -0.444 e. The molecule has 1 fully saturated rings. The number of amides is 2. The van der Waals surface area contributed by atoms with Gasteiger partial charge in [0.15, 0.2) is 5.58 Å². The number of carbonyl (C=O) groups is 2. The summed E-state index contributed by atoms with van der Waals surface area (Å²) in [5, 5.41) is 2.84. The lowest BCUT2D eigenvalue weighted by molar-refractivity contribution is 0.0139. The van der Waals surface area contributed by atoms with E-state index >= 15 is 0 Å². The van der Waals surface area contributed by atoms with Crippen LogP contribution in [0.2, 0.25) is 0 Å². The lowest BCUT2D eigenvalue weighted by Gasteiger charge is -2.35. The normalized spacial score (nSPS) is 14.4. The van der Waals surface area contributed by atoms with Crippen molar-refractivity contribution in [3.63, 3.8) is 0 Å². The molecule has 0 radical (unpaired) electrons. The van der Waals surface area contributed by atoms with E-state index in [-0.39, 0.29) is 11.7 Å². The van der Waals surface area contributed by atoms with Gasteiger partial charge in [0.1, 0.15) is 16.9 Å². The maximum Gasteiger partial charge on any atom is 0.410 e. The molecule has 4 aromatic rings. The number of hydrogen-bond donors (Lipinski definition) is 1. The van der Waals surface area contributed by atoms with Crippen LogP contribution in [0.4, 0.5) is 14.9 Å². The Balaban J connectivity index is 1.27. The second kappa shape index (κ2) is 10.9. The first-order valence-electron chi connectivity index (χ1n) is 12.9. The van der Waals surface area contributed by atoms with E-state index in [0.29, 0.717) is 47.9 Å². The highest BCUT2D eigenvalue weighted by atomic mass is 19.1. The summed E-state index contributed by atoms with van der Waals surface area (Å²) in [5.41, 5.74) is 3.27. The van der Waals surface area contributed by atoms with Gasteiger partial charge < -0.3 is 19.4 Å². The van der Waals surface area contributed by atoms with Crippen LogP contribution in [0.25, 0.3) is 22.6 Å². The molecule has 0 aliphatic carbocycles. The smallest absolute Gasteiger partial charge is 0.410 e. The summed E-state index contributed by atoms with van der Waals surface area (Å²) < 4.78 is 25.2. The number of hydrogen-bond acceptors (Lipinski definition) is 6. The topological polar surface area (TPSA) is 87.9 Å². The van der Waals surface area contributed by atoms with Gasteiger partial charge in [-0.2, -0.15) is 0 Å². The van der Waals surface area contributed by atoms with E-state index in [9.17, 15) is 14.0 Å². The number of nitrogens with one attached hydrogen (secondary N) is 1. The lowest BCUT2D eigenvalue weighted by atomic mass is 10.1. The minimum absolute atomic E-state index is 0.221. The first-order chi connectivity index (χ1) is 18.6. The van der Waals surface area contributed by atoms with E-state index in [0.717, 1.165) is 18.7 Å². The average molecular weight is 531 g/mol. The molecule has 2 heterocycles. The van der Waals surface area contributed by atoms with Crippen LogP contribution in [0.3, 0.4) is 0 Å². The molecule has 0 spiro atoms. The Labute approximate surface area is 226 Å². The van der Waals surface area contributed by atoms with Crippen molar-refractivity contribution >= 4 is 28.8 Å². The third kappa shape index (κ3) is 6.43. The average Bonchev–Trinajstić information content (AvgIpc) is 3.32. The van der Waals surface area contributed by atoms with Gasteiger partial charge in [-0.05, 0) is 68.8 Å². The highest BCUT2D eigenvalue weighted by molar-refractivity contribution is 6.06. The molecule has 0 atom stereocenters. The second-order valence-corrected chi connectivity index (χ2v) is 10.6. The summed E-state index contributed by atoms with van der Waals surface area (Å²) >= 11 is 0. The van der Waals surface area contributed by atoms with Crippen molar-refractivity contribution in [2.24, 2.45) is 0 Å². The van der Waals surface area contributed by atoms with Gasteiger partial charge in [0.2, 0.25) is 5.89 Å². The van der Waals surface area contributed by atoms with E-state index in [2.05, 4.69) is 15.2 Å². The molecule has 3 aromatic carbocycles. The van der Waals surface area contributed by atoms with Gasteiger partial charge in [0.25, 0.3) is 5.91 Å². The van der Waals surface area contributed by atoms with Crippen molar-refractivity contribution in [3.05, 3.63) is 83.7 Å². The van der Waals surface area contributed by atoms with Gasteiger partial charge in [-0.1, -0.05) is 24.3 Å². The predicted octanol–water partition coefficient (Wildman–Crippen LogP) is 5.94. The van der Waals surface area contributed by atoms with E-state index in [1.165, 1.54) is 18.2 Å². The third-order valence-corrected chi connectivity index (χ3v) is 6.38. The van der Waals surface area contributed by atoms with Crippen LogP contribution in [-0.4, -0.2) is 58.6 Å². The fourth-order valence-electron chi connectivity index (χ4n) is 4.46.